The van der Waals surface area contributed by atoms with Crippen molar-refractivity contribution in [1.29, 1.82) is 0 Å². The number of phenols is 2. The Morgan fingerprint density at radius 2 is 1.90 bits per heavy atom. The van der Waals surface area contributed by atoms with Gasteiger partial charge in [-0.3, -0.25) is 0 Å². The predicted octanol–water partition coefficient (Wildman–Crippen LogP) is 1.33. The molecule has 0 aromatic heterocycles. The summed E-state index contributed by atoms with van der Waals surface area (Å²) in [5, 5.41) is 17.9. The Labute approximate surface area is 62.7 Å². The Bertz CT molecular complexity index is 239. The van der Waals surface area contributed by atoms with Crippen molar-refractivity contribution in [1.82, 2.24) is 0 Å². The van der Waals surface area contributed by atoms with E-state index >= 15 is 0 Å². The van der Waals surface area contributed by atoms with Gasteiger partial charge in [0.05, 0.1) is 10.7 Å². The average Bonchev–Trinajstić information content (AvgIpc) is 1.82. The SMILES string of the molecule is Nc1c(O)cc(O)cc1Cl. The van der Waals surface area contributed by atoms with E-state index in [-0.39, 0.29) is 22.2 Å². The van der Waals surface area contributed by atoms with Crippen LogP contribution in [-0.2, 0) is 0 Å². The van der Waals surface area contributed by atoms with Gasteiger partial charge in [0, 0.05) is 12.1 Å². The molecular formula is C6H6ClNO2. The molecule has 4 N–H and O–H groups in total. The van der Waals surface area contributed by atoms with E-state index in [0.29, 0.717) is 0 Å². The van der Waals surface area contributed by atoms with Gasteiger partial charge in [-0.1, -0.05) is 11.6 Å². The van der Waals surface area contributed by atoms with E-state index in [0.717, 1.165) is 6.07 Å². The van der Waals surface area contributed by atoms with Gasteiger partial charge in [0.1, 0.15) is 11.5 Å². The molecule has 3 nitrogen and oxygen atoms in total. The Morgan fingerprint density at radius 3 is 2.40 bits per heavy atom. The van der Waals surface area contributed by atoms with Crippen LogP contribution in [0.5, 0.6) is 11.5 Å². The molecule has 0 amide bonds. The summed E-state index contributed by atoms with van der Waals surface area (Å²) < 4.78 is 0. The summed E-state index contributed by atoms with van der Waals surface area (Å²) in [5.74, 6) is -0.304. The van der Waals surface area contributed by atoms with Gasteiger partial charge in [0.25, 0.3) is 0 Å². The number of aromatic hydroxyl groups is 2. The summed E-state index contributed by atoms with van der Waals surface area (Å²) >= 11 is 5.47. The topological polar surface area (TPSA) is 66.5 Å². The quantitative estimate of drug-likeness (QED) is 0.304. The minimum Gasteiger partial charge on any atom is -0.508 e. The van der Waals surface area contributed by atoms with Gasteiger partial charge in [-0.2, -0.15) is 0 Å². The first kappa shape index (κ1) is 7.02. The van der Waals surface area contributed by atoms with E-state index in [4.69, 9.17) is 27.5 Å². The molecule has 0 radical (unpaired) electrons. The maximum absolute atomic E-state index is 8.91. The van der Waals surface area contributed by atoms with Crippen molar-refractivity contribution in [2.45, 2.75) is 0 Å². The monoisotopic (exact) mass is 159 g/mol. The molecule has 0 unspecified atom stereocenters. The molecule has 0 saturated carbocycles. The zero-order chi connectivity index (χ0) is 7.72. The van der Waals surface area contributed by atoms with Crippen LogP contribution in [0, 0.1) is 0 Å². The van der Waals surface area contributed by atoms with Crippen LogP contribution >= 0.6 is 11.6 Å². The molecule has 0 atom stereocenters. The third-order valence-corrected chi connectivity index (χ3v) is 1.41. The van der Waals surface area contributed by atoms with Gasteiger partial charge in [-0.05, 0) is 0 Å². The van der Waals surface area contributed by atoms with Crippen LogP contribution in [0.2, 0.25) is 5.02 Å². The second kappa shape index (κ2) is 2.27. The lowest BCUT2D eigenvalue weighted by molar-refractivity contribution is 0.452. The van der Waals surface area contributed by atoms with E-state index in [9.17, 15) is 0 Å². The number of hydrogen-bond donors (Lipinski definition) is 3. The van der Waals surface area contributed by atoms with Gasteiger partial charge in [-0.25, -0.2) is 0 Å². The Balaban J connectivity index is 3.31. The highest BCUT2D eigenvalue weighted by Gasteiger charge is 2.03. The van der Waals surface area contributed by atoms with Crippen molar-refractivity contribution in [2.24, 2.45) is 0 Å². The second-order valence-electron chi connectivity index (χ2n) is 1.86. The fourth-order valence-electron chi connectivity index (χ4n) is 0.589. The first-order chi connectivity index (χ1) is 4.61. The van der Waals surface area contributed by atoms with Crippen LogP contribution in [0.4, 0.5) is 5.69 Å². The number of benzene rings is 1. The van der Waals surface area contributed by atoms with E-state index in [1.165, 1.54) is 6.07 Å². The molecule has 1 rings (SSSR count). The Hall–Kier alpha value is -1.09. The summed E-state index contributed by atoms with van der Waals surface area (Å²) in [6.45, 7) is 0. The maximum Gasteiger partial charge on any atom is 0.143 e. The number of anilines is 1. The number of nitrogen functional groups attached to an aromatic ring is 1. The van der Waals surface area contributed by atoms with Gasteiger partial charge in [-0.15, -0.1) is 0 Å². The highest BCUT2D eigenvalue weighted by molar-refractivity contribution is 6.33. The van der Waals surface area contributed by atoms with Crippen LogP contribution in [-0.4, -0.2) is 10.2 Å². The zero-order valence-electron chi connectivity index (χ0n) is 5.00. The van der Waals surface area contributed by atoms with E-state index in [1.807, 2.05) is 0 Å². The van der Waals surface area contributed by atoms with Crippen molar-refractivity contribution in [3.05, 3.63) is 17.2 Å². The van der Waals surface area contributed by atoms with Gasteiger partial charge in [0.15, 0.2) is 0 Å². The summed E-state index contributed by atoms with van der Waals surface area (Å²) in [7, 11) is 0. The van der Waals surface area contributed by atoms with Crippen LogP contribution < -0.4 is 5.73 Å². The summed E-state index contributed by atoms with van der Waals surface area (Å²) in [6, 6.07) is 2.39. The second-order valence-corrected chi connectivity index (χ2v) is 2.27. The molecule has 4 heteroatoms. The van der Waals surface area contributed by atoms with Crippen molar-refractivity contribution in [3.63, 3.8) is 0 Å². The lowest BCUT2D eigenvalue weighted by atomic mass is 10.3. The van der Waals surface area contributed by atoms with E-state index in [1.54, 1.807) is 0 Å². The summed E-state index contributed by atoms with van der Waals surface area (Å²) in [6.07, 6.45) is 0. The van der Waals surface area contributed by atoms with Crippen molar-refractivity contribution in [3.8, 4) is 11.5 Å². The minimum atomic E-state index is -0.204. The predicted molar refractivity (Wildman–Crippen MR) is 39.2 cm³/mol. The van der Waals surface area contributed by atoms with Gasteiger partial charge < -0.3 is 15.9 Å². The fourth-order valence-corrected chi connectivity index (χ4v) is 0.798. The smallest absolute Gasteiger partial charge is 0.143 e. The largest absolute Gasteiger partial charge is 0.508 e. The maximum atomic E-state index is 8.91. The fraction of sp³-hybridized carbons (Fsp3) is 0. The molecule has 0 aliphatic heterocycles. The Kier molecular flexibility index (Phi) is 1.59. The lowest BCUT2D eigenvalue weighted by Gasteiger charge is -2.00. The van der Waals surface area contributed by atoms with Crippen LogP contribution in [0.3, 0.4) is 0 Å². The lowest BCUT2D eigenvalue weighted by Crippen LogP contribution is -1.85. The summed E-state index contributed by atoms with van der Waals surface area (Å²) in [5.41, 5.74) is 5.34. The number of nitrogens with two attached hydrogens (primary N) is 1. The molecule has 0 aliphatic rings. The van der Waals surface area contributed by atoms with Crippen molar-refractivity contribution < 1.29 is 10.2 Å². The van der Waals surface area contributed by atoms with Gasteiger partial charge in [0.2, 0.25) is 0 Å². The molecule has 0 heterocycles. The van der Waals surface area contributed by atoms with Gasteiger partial charge >= 0.3 is 0 Å². The third kappa shape index (κ3) is 1.09. The third-order valence-electron chi connectivity index (χ3n) is 1.09. The molecule has 54 valence electrons. The summed E-state index contributed by atoms with van der Waals surface area (Å²) in [4.78, 5) is 0. The molecule has 0 bridgehead atoms. The normalized spacial score (nSPS) is 9.70. The molecule has 1 aromatic carbocycles. The average molecular weight is 160 g/mol. The van der Waals surface area contributed by atoms with Crippen molar-refractivity contribution >= 4 is 17.3 Å². The zero-order valence-corrected chi connectivity index (χ0v) is 5.76. The van der Waals surface area contributed by atoms with E-state index < -0.39 is 0 Å². The number of halogens is 1. The molecule has 0 saturated heterocycles. The molecular weight excluding hydrogens is 154 g/mol. The first-order valence-electron chi connectivity index (χ1n) is 2.58. The molecule has 0 aliphatic carbocycles. The van der Waals surface area contributed by atoms with Crippen LogP contribution in [0.1, 0.15) is 0 Å². The molecule has 1 aromatic rings. The van der Waals surface area contributed by atoms with E-state index in [2.05, 4.69) is 0 Å². The van der Waals surface area contributed by atoms with Crippen molar-refractivity contribution in [2.75, 3.05) is 5.73 Å². The Morgan fingerprint density at radius 1 is 1.30 bits per heavy atom. The highest BCUT2D eigenvalue weighted by Crippen LogP contribution is 2.32. The molecule has 0 spiro atoms. The van der Waals surface area contributed by atoms with Crippen LogP contribution in [0.15, 0.2) is 12.1 Å². The molecule has 10 heavy (non-hydrogen) atoms. The molecule has 0 fully saturated rings. The van der Waals surface area contributed by atoms with Crippen LogP contribution in [0.25, 0.3) is 0 Å². The minimum absolute atomic E-state index is 0.0828. The highest BCUT2D eigenvalue weighted by atomic mass is 35.5. The number of rotatable bonds is 0. The standard InChI is InChI=1S/C6H6ClNO2/c7-4-1-3(9)2-5(10)6(4)8/h1-2,9-10H,8H2. The number of phenolic OH excluding ortho intramolecular Hbond substituents is 2. The first-order valence-corrected chi connectivity index (χ1v) is 2.96. The number of hydrogen-bond acceptors (Lipinski definition) is 3.